The first kappa shape index (κ1) is 20.8. The fourth-order valence-corrected chi connectivity index (χ4v) is 3.33. The summed E-state index contributed by atoms with van der Waals surface area (Å²) >= 11 is 0. The maximum Gasteiger partial charge on any atom is 0.280 e. The second-order valence-corrected chi connectivity index (χ2v) is 8.18. The summed E-state index contributed by atoms with van der Waals surface area (Å²) in [5.74, 6) is -0.0216. The third-order valence-electron chi connectivity index (χ3n) is 4.63. The molecule has 1 aromatic heterocycles. The molecule has 0 saturated heterocycles. The molecule has 1 aliphatic heterocycles. The molecule has 0 bridgehead atoms. The number of nitrogens with one attached hydrogen (secondary N) is 1. The standard InChI is InChI=1S/C22H26FN3O3/c1-13(2)9-17-12-26(19(10-14(3)4)21(27)24-17)22(28)18-11-20(29-25-18)15-5-7-16(23)8-6-15/h5-8,11-14,19H,9-10H2,1-4H3,(H,24,27). The molecular weight excluding hydrogens is 373 g/mol. The van der Waals surface area contributed by atoms with Crippen LogP contribution in [0.2, 0.25) is 0 Å². The Bertz CT molecular complexity index is 916. The minimum atomic E-state index is -0.607. The Morgan fingerprint density at radius 3 is 2.52 bits per heavy atom. The number of benzene rings is 1. The normalized spacial score (nSPS) is 16.9. The van der Waals surface area contributed by atoms with Gasteiger partial charge in [-0.05, 0) is 48.9 Å². The molecule has 6 nitrogen and oxygen atoms in total. The summed E-state index contributed by atoms with van der Waals surface area (Å²) in [4.78, 5) is 27.3. The van der Waals surface area contributed by atoms with Crippen molar-refractivity contribution in [1.82, 2.24) is 15.4 Å². The summed E-state index contributed by atoms with van der Waals surface area (Å²) in [5.41, 5.74) is 1.43. The minimum Gasteiger partial charge on any atom is -0.355 e. The minimum absolute atomic E-state index is 0.105. The molecule has 1 unspecified atom stereocenters. The van der Waals surface area contributed by atoms with Crippen LogP contribution in [0, 0.1) is 17.7 Å². The monoisotopic (exact) mass is 399 g/mol. The Hall–Kier alpha value is -2.96. The first-order valence-corrected chi connectivity index (χ1v) is 9.81. The molecule has 0 fully saturated rings. The van der Waals surface area contributed by atoms with E-state index in [2.05, 4.69) is 10.5 Å². The molecule has 1 aromatic carbocycles. The summed E-state index contributed by atoms with van der Waals surface area (Å²) in [6.07, 6.45) is 2.90. The number of hydrogen-bond acceptors (Lipinski definition) is 4. The van der Waals surface area contributed by atoms with Crippen LogP contribution in [0.25, 0.3) is 11.3 Å². The molecule has 0 aliphatic carbocycles. The van der Waals surface area contributed by atoms with Gasteiger partial charge < -0.3 is 9.84 Å². The fourth-order valence-electron chi connectivity index (χ4n) is 3.33. The van der Waals surface area contributed by atoms with E-state index < -0.39 is 11.9 Å². The van der Waals surface area contributed by atoms with Crippen LogP contribution in [0.3, 0.4) is 0 Å². The molecule has 2 aromatic rings. The average molecular weight is 399 g/mol. The Morgan fingerprint density at radius 2 is 1.90 bits per heavy atom. The highest BCUT2D eigenvalue weighted by molar-refractivity contribution is 5.98. The highest BCUT2D eigenvalue weighted by Crippen LogP contribution is 2.25. The van der Waals surface area contributed by atoms with Crippen LogP contribution >= 0.6 is 0 Å². The van der Waals surface area contributed by atoms with Crippen molar-refractivity contribution < 1.29 is 18.5 Å². The number of carbonyl (C=O) groups excluding carboxylic acids is 2. The van der Waals surface area contributed by atoms with E-state index in [1.807, 2.05) is 27.7 Å². The van der Waals surface area contributed by atoms with Gasteiger partial charge in [-0.2, -0.15) is 0 Å². The molecule has 1 N–H and O–H groups in total. The molecule has 1 atom stereocenters. The molecule has 29 heavy (non-hydrogen) atoms. The summed E-state index contributed by atoms with van der Waals surface area (Å²) < 4.78 is 18.4. The molecule has 7 heteroatoms. The molecule has 0 spiro atoms. The summed E-state index contributed by atoms with van der Waals surface area (Å²) in [6, 6.07) is 6.65. The summed E-state index contributed by atoms with van der Waals surface area (Å²) in [6.45, 7) is 8.11. The molecule has 2 amide bonds. The van der Waals surface area contributed by atoms with Crippen molar-refractivity contribution in [2.75, 3.05) is 0 Å². The van der Waals surface area contributed by atoms with E-state index >= 15 is 0 Å². The second-order valence-electron chi connectivity index (χ2n) is 8.18. The highest BCUT2D eigenvalue weighted by Gasteiger charge is 2.35. The summed E-state index contributed by atoms with van der Waals surface area (Å²) in [5, 5.41) is 6.82. The van der Waals surface area contributed by atoms with Crippen LogP contribution in [0.5, 0.6) is 0 Å². The van der Waals surface area contributed by atoms with Crippen LogP contribution < -0.4 is 5.32 Å². The lowest BCUT2D eigenvalue weighted by Gasteiger charge is -2.34. The van der Waals surface area contributed by atoms with Crippen molar-refractivity contribution in [1.29, 1.82) is 0 Å². The lowest BCUT2D eigenvalue weighted by atomic mass is 9.98. The van der Waals surface area contributed by atoms with Gasteiger partial charge in [0.2, 0.25) is 5.91 Å². The van der Waals surface area contributed by atoms with Gasteiger partial charge >= 0.3 is 0 Å². The van der Waals surface area contributed by atoms with Gasteiger partial charge in [0, 0.05) is 23.5 Å². The Kier molecular flexibility index (Phi) is 6.15. The van der Waals surface area contributed by atoms with Crippen molar-refractivity contribution in [2.24, 2.45) is 11.8 Å². The van der Waals surface area contributed by atoms with E-state index in [0.29, 0.717) is 35.8 Å². The molecule has 1 aliphatic rings. The predicted octanol–water partition coefficient (Wildman–Crippen LogP) is 4.35. The highest BCUT2D eigenvalue weighted by atomic mass is 19.1. The van der Waals surface area contributed by atoms with Gasteiger partial charge in [0.15, 0.2) is 11.5 Å². The SMILES string of the molecule is CC(C)CC1=CN(C(=O)c2cc(-c3ccc(F)cc3)on2)C(CC(C)C)C(=O)N1. The number of halogens is 1. The fraction of sp³-hybridized carbons (Fsp3) is 0.409. The largest absolute Gasteiger partial charge is 0.355 e. The maximum absolute atomic E-state index is 13.2. The molecule has 2 heterocycles. The van der Waals surface area contributed by atoms with Crippen molar-refractivity contribution in [3.8, 4) is 11.3 Å². The number of nitrogens with zero attached hydrogens (tertiary/aromatic N) is 2. The van der Waals surface area contributed by atoms with Crippen molar-refractivity contribution in [2.45, 2.75) is 46.6 Å². The zero-order valence-corrected chi connectivity index (χ0v) is 17.1. The van der Waals surface area contributed by atoms with Crippen LogP contribution in [0.1, 0.15) is 51.0 Å². The van der Waals surface area contributed by atoms with Gasteiger partial charge in [-0.3, -0.25) is 14.5 Å². The van der Waals surface area contributed by atoms with Crippen molar-refractivity contribution in [3.63, 3.8) is 0 Å². The molecule has 154 valence electrons. The smallest absolute Gasteiger partial charge is 0.280 e. The number of amides is 2. The van der Waals surface area contributed by atoms with Crippen molar-refractivity contribution in [3.05, 3.63) is 53.7 Å². The third-order valence-corrected chi connectivity index (χ3v) is 4.63. The quantitative estimate of drug-likeness (QED) is 0.783. The van der Waals surface area contributed by atoms with Crippen LogP contribution in [0.4, 0.5) is 4.39 Å². The van der Waals surface area contributed by atoms with Crippen LogP contribution in [-0.4, -0.2) is 27.9 Å². The molecule has 0 radical (unpaired) electrons. The van der Waals surface area contributed by atoms with E-state index in [-0.39, 0.29) is 23.3 Å². The maximum atomic E-state index is 13.2. The van der Waals surface area contributed by atoms with E-state index in [4.69, 9.17) is 4.52 Å². The topological polar surface area (TPSA) is 75.4 Å². The lowest BCUT2D eigenvalue weighted by molar-refractivity contribution is -0.125. The van der Waals surface area contributed by atoms with E-state index in [1.165, 1.54) is 23.1 Å². The third kappa shape index (κ3) is 4.91. The number of rotatable bonds is 6. The predicted molar refractivity (Wildman–Crippen MR) is 107 cm³/mol. The van der Waals surface area contributed by atoms with Gasteiger partial charge in [0.1, 0.15) is 11.9 Å². The zero-order valence-electron chi connectivity index (χ0n) is 17.1. The Balaban J connectivity index is 1.90. The lowest BCUT2D eigenvalue weighted by Crippen LogP contribution is -2.51. The Labute approximate surface area is 169 Å². The van der Waals surface area contributed by atoms with E-state index in [1.54, 1.807) is 18.3 Å². The Morgan fingerprint density at radius 1 is 1.21 bits per heavy atom. The average Bonchev–Trinajstić information content (AvgIpc) is 3.13. The molecule has 0 saturated carbocycles. The van der Waals surface area contributed by atoms with Crippen LogP contribution in [-0.2, 0) is 4.79 Å². The number of aromatic nitrogens is 1. The van der Waals surface area contributed by atoms with Gasteiger partial charge in [-0.25, -0.2) is 4.39 Å². The summed E-state index contributed by atoms with van der Waals surface area (Å²) in [7, 11) is 0. The van der Waals surface area contributed by atoms with E-state index in [0.717, 1.165) is 0 Å². The molecular formula is C22H26FN3O3. The van der Waals surface area contributed by atoms with E-state index in [9.17, 15) is 14.0 Å². The zero-order chi connectivity index (χ0) is 21.1. The second kappa shape index (κ2) is 8.59. The first-order valence-electron chi connectivity index (χ1n) is 9.81. The first-order chi connectivity index (χ1) is 13.7. The van der Waals surface area contributed by atoms with Gasteiger partial charge in [0.25, 0.3) is 5.91 Å². The van der Waals surface area contributed by atoms with Gasteiger partial charge in [-0.1, -0.05) is 32.9 Å². The van der Waals surface area contributed by atoms with Crippen LogP contribution in [0.15, 0.2) is 46.8 Å². The van der Waals surface area contributed by atoms with Gasteiger partial charge in [-0.15, -0.1) is 0 Å². The van der Waals surface area contributed by atoms with Gasteiger partial charge in [0.05, 0.1) is 0 Å². The number of allylic oxidation sites excluding steroid dienone is 1. The molecule has 3 rings (SSSR count). The van der Waals surface area contributed by atoms with Crippen molar-refractivity contribution >= 4 is 11.8 Å². The number of carbonyl (C=O) groups is 2. The number of hydrogen-bond donors (Lipinski definition) is 1.